The number of carbonyl (C=O) groups is 1. The van der Waals surface area contributed by atoms with Crippen molar-refractivity contribution in [2.24, 2.45) is 18.9 Å². The molecular weight excluding hydrogens is 420 g/mol. The Morgan fingerprint density at radius 3 is 2.94 bits per heavy atom. The van der Waals surface area contributed by atoms with Crippen LogP contribution in [-0.2, 0) is 31.4 Å². The van der Waals surface area contributed by atoms with Crippen LogP contribution in [0.1, 0.15) is 52.0 Å². The fraction of sp³-hybridized carbons (Fsp3) is 0.522. The van der Waals surface area contributed by atoms with Crippen LogP contribution in [0.4, 0.5) is 5.82 Å². The van der Waals surface area contributed by atoms with Gasteiger partial charge in [0.15, 0.2) is 5.69 Å². The molecule has 3 aromatic heterocycles. The van der Waals surface area contributed by atoms with Gasteiger partial charge in [0.2, 0.25) is 0 Å². The van der Waals surface area contributed by atoms with Crippen molar-refractivity contribution in [2.75, 3.05) is 25.1 Å². The molecule has 4 heterocycles. The lowest BCUT2D eigenvalue weighted by Crippen LogP contribution is -2.27. The number of pyridine rings is 1. The monoisotopic (exact) mass is 448 g/mol. The van der Waals surface area contributed by atoms with Gasteiger partial charge in [0.05, 0.1) is 43.1 Å². The topological polar surface area (TPSA) is 103 Å². The highest BCUT2D eigenvalue weighted by Crippen LogP contribution is 2.46. The summed E-state index contributed by atoms with van der Waals surface area (Å²) >= 11 is 0. The molecule has 0 spiro atoms. The Balaban J connectivity index is 1.14. The molecule has 3 aromatic rings. The number of nitrogens with zero attached hydrogens (tertiary/aromatic N) is 7. The van der Waals surface area contributed by atoms with Crippen LogP contribution in [0.3, 0.4) is 0 Å². The van der Waals surface area contributed by atoms with Gasteiger partial charge in [-0.2, -0.15) is 0 Å². The number of aromatic nitrogens is 6. The summed E-state index contributed by atoms with van der Waals surface area (Å²) in [5.41, 5.74) is 4.33. The number of fused-ring (bicyclic) bond motifs is 2. The number of hydrogen-bond donors (Lipinski definition) is 1. The molecule has 10 nitrogen and oxygen atoms in total. The third-order valence-corrected chi connectivity index (χ3v) is 7.14. The molecule has 1 amide bonds. The number of imidazole rings is 1. The van der Waals surface area contributed by atoms with Crippen LogP contribution in [0, 0.1) is 11.8 Å². The summed E-state index contributed by atoms with van der Waals surface area (Å²) in [6, 6.07) is 4.08. The number of amides is 1. The number of nitrogens with one attached hydrogen (secondary N) is 1. The maximum atomic E-state index is 12.8. The predicted molar refractivity (Wildman–Crippen MR) is 120 cm³/mol. The van der Waals surface area contributed by atoms with Crippen LogP contribution in [0.2, 0.25) is 0 Å². The number of carbonyl (C=O) groups excluding carboxylic acids is 1. The van der Waals surface area contributed by atoms with Crippen molar-refractivity contribution in [1.29, 1.82) is 0 Å². The molecule has 0 radical (unpaired) electrons. The first kappa shape index (κ1) is 20.3. The van der Waals surface area contributed by atoms with Gasteiger partial charge >= 0.3 is 0 Å². The molecule has 0 aromatic carbocycles. The Morgan fingerprint density at radius 2 is 2.12 bits per heavy atom. The minimum atomic E-state index is -0.233. The Morgan fingerprint density at radius 1 is 1.27 bits per heavy atom. The van der Waals surface area contributed by atoms with Crippen molar-refractivity contribution in [3.8, 4) is 0 Å². The lowest BCUT2D eigenvalue weighted by molar-refractivity contribution is 0.0931. The standard InChI is InChI=1S/C23H28N8O2/c1-29-13-24-22-17(4-5-20(22)29)26-23(32)18-11-31(28-27-18)10-14-3-6-21(25-19(14)12-33-2)30-8-15-7-16(15)9-30/h3,6,11,13,15-17H,4-5,7-10,12H2,1-2H3,(H,26,32)/t15?,16?,17-/m1/s1. The van der Waals surface area contributed by atoms with Gasteiger partial charge in [-0.05, 0) is 42.7 Å². The first-order valence-electron chi connectivity index (χ1n) is 11.5. The van der Waals surface area contributed by atoms with E-state index >= 15 is 0 Å². The van der Waals surface area contributed by atoms with Crippen LogP contribution < -0.4 is 10.2 Å². The van der Waals surface area contributed by atoms with Crippen molar-refractivity contribution >= 4 is 11.7 Å². The molecule has 0 bridgehead atoms. The van der Waals surface area contributed by atoms with E-state index in [0.717, 1.165) is 60.5 Å². The van der Waals surface area contributed by atoms with Crippen molar-refractivity contribution in [1.82, 2.24) is 34.8 Å². The number of rotatable bonds is 7. The molecular formula is C23H28N8O2. The summed E-state index contributed by atoms with van der Waals surface area (Å²) in [5, 5.41) is 11.3. The molecule has 2 unspecified atom stereocenters. The normalized spacial score (nSPS) is 23.0. The number of ether oxygens (including phenoxy) is 1. The van der Waals surface area contributed by atoms with E-state index in [-0.39, 0.29) is 11.9 Å². The van der Waals surface area contributed by atoms with Gasteiger partial charge in [0, 0.05) is 32.9 Å². The maximum Gasteiger partial charge on any atom is 0.274 e. The minimum Gasteiger partial charge on any atom is -0.378 e. The number of anilines is 1. The largest absolute Gasteiger partial charge is 0.378 e. The van der Waals surface area contributed by atoms with E-state index in [4.69, 9.17) is 9.72 Å². The SMILES string of the molecule is COCc1nc(N2CC3CC3C2)ccc1Cn1cc(C(=O)N[C@@H]2CCc3c2ncn3C)nn1. The van der Waals surface area contributed by atoms with Crippen LogP contribution in [0.15, 0.2) is 24.7 Å². The summed E-state index contributed by atoms with van der Waals surface area (Å²) in [4.78, 5) is 24.5. The van der Waals surface area contributed by atoms with E-state index in [1.165, 1.54) is 12.1 Å². The molecule has 172 valence electrons. The fourth-order valence-electron chi connectivity index (χ4n) is 5.20. The molecule has 1 saturated carbocycles. The summed E-state index contributed by atoms with van der Waals surface area (Å²) in [7, 11) is 3.66. The number of methoxy groups -OCH3 is 1. The van der Waals surface area contributed by atoms with Crippen molar-refractivity contribution < 1.29 is 9.53 Å². The number of piperidine rings is 1. The summed E-state index contributed by atoms with van der Waals surface area (Å²) in [5.74, 6) is 2.49. The molecule has 1 saturated heterocycles. The van der Waals surface area contributed by atoms with Gasteiger partial charge < -0.3 is 19.5 Å². The van der Waals surface area contributed by atoms with Crippen molar-refractivity contribution in [2.45, 2.75) is 38.5 Å². The highest BCUT2D eigenvalue weighted by molar-refractivity contribution is 5.92. The second-order valence-electron chi connectivity index (χ2n) is 9.42. The Kier molecular flexibility index (Phi) is 4.90. The van der Waals surface area contributed by atoms with Gasteiger partial charge in [0.25, 0.3) is 5.91 Å². The molecule has 33 heavy (non-hydrogen) atoms. The Bertz CT molecular complexity index is 1190. The summed E-state index contributed by atoms with van der Waals surface area (Å²) in [6.45, 7) is 3.11. The maximum absolute atomic E-state index is 12.8. The fourth-order valence-corrected chi connectivity index (χ4v) is 5.20. The second-order valence-corrected chi connectivity index (χ2v) is 9.42. The molecule has 3 aliphatic rings. The quantitative estimate of drug-likeness (QED) is 0.584. The van der Waals surface area contributed by atoms with Gasteiger partial charge in [-0.15, -0.1) is 5.10 Å². The molecule has 1 aliphatic heterocycles. The first-order chi connectivity index (χ1) is 16.1. The molecule has 2 fully saturated rings. The van der Waals surface area contributed by atoms with E-state index in [9.17, 15) is 4.79 Å². The average Bonchev–Trinajstić information content (AvgIpc) is 3.28. The smallest absolute Gasteiger partial charge is 0.274 e. The molecule has 3 atom stereocenters. The van der Waals surface area contributed by atoms with Crippen LogP contribution >= 0.6 is 0 Å². The van der Waals surface area contributed by atoms with Crippen molar-refractivity contribution in [3.63, 3.8) is 0 Å². The highest BCUT2D eigenvalue weighted by Gasteiger charge is 2.45. The summed E-state index contributed by atoms with van der Waals surface area (Å²) < 4.78 is 9.10. The van der Waals surface area contributed by atoms with Gasteiger partial charge in [0.1, 0.15) is 5.82 Å². The van der Waals surface area contributed by atoms with Crippen molar-refractivity contribution in [3.05, 3.63) is 53.0 Å². The molecule has 10 heteroatoms. The summed E-state index contributed by atoms with van der Waals surface area (Å²) in [6.07, 6.45) is 6.60. The predicted octanol–water partition coefficient (Wildman–Crippen LogP) is 1.47. The zero-order chi connectivity index (χ0) is 22.5. The lowest BCUT2D eigenvalue weighted by Gasteiger charge is -2.20. The van der Waals surface area contributed by atoms with Gasteiger partial charge in [-0.1, -0.05) is 11.3 Å². The van der Waals surface area contributed by atoms with Crippen LogP contribution in [-0.4, -0.2) is 55.6 Å². The number of hydrogen-bond acceptors (Lipinski definition) is 7. The van der Waals surface area contributed by atoms with E-state index in [0.29, 0.717) is 18.8 Å². The zero-order valence-corrected chi connectivity index (χ0v) is 18.9. The van der Waals surface area contributed by atoms with E-state index < -0.39 is 0 Å². The molecule has 6 rings (SSSR count). The number of aryl methyl sites for hydroxylation is 1. The second kappa shape index (κ2) is 7.95. The highest BCUT2D eigenvalue weighted by atomic mass is 16.5. The third kappa shape index (κ3) is 3.78. The molecule has 2 aliphatic carbocycles. The third-order valence-electron chi connectivity index (χ3n) is 7.14. The molecule has 1 N–H and O–H groups in total. The van der Waals surface area contributed by atoms with E-state index in [2.05, 4.69) is 37.6 Å². The van der Waals surface area contributed by atoms with Gasteiger partial charge in [-0.25, -0.2) is 14.6 Å². The van der Waals surface area contributed by atoms with Gasteiger partial charge in [-0.3, -0.25) is 4.79 Å². The van der Waals surface area contributed by atoms with E-state index in [1.54, 1.807) is 24.3 Å². The Labute approximate surface area is 192 Å². The Hall–Kier alpha value is -3.27. The lowest BCUT2D eigenvalue weighted by atomic mass is 10.2. The van der Waals surface area contributed by atoms with E-state index in [1.807, 2.05) is 11.6 Å². The zero-order valence-electron chi connectivity index (χ0n) is 18.9. The average molecular weight is 449 g/mol. The van der Waals surface area contributed by atoms with Crippen LogP contribution in [0.5, 0.6) is 0 Å². The van der Waals surface area contributed by atoms with Crippen LogP contribution in [0.25, 0.3) is 0 Å². The first-order valence-corrected chi connectivity index (χ1v) is 11.5. The minimum absolute atomic E-state index is 0.0828.